The number of piperidine rings is 1. The molecule has 1 aliphatic heterocycles. The van der Waals surface area contributed by atoms with Crippen LogP contribution in [0.2, 0.25) is 0 Å². The van der Waals surface area contributed by atoms with Gasteiger partial charge in [-0.2, -0.15) is 0 Å². The topological polar surface area (TPSA) is 109 Å². The van der Waals surface area contributed by atoms with Crippen molar-refractivity contribution in [1.29, 1.82) is 0 Å². The first-order valence-electron chi connectivity index (χ1n) is 8.83. The van der Waals surface area contributed by atoms with E-state index < -0.39 is 18.1 Å². The lowest BCUT2D eigenvalue weighted by Crippen LogP contribution is -2.39. The number of nitrogens with zero attached hydrogens (tertiary/aromatic N) is 2. The first-order valence-corrected chi connectivity index (χ1v) is 8.83. The zero-order valence-corrected chi connectivity index (χ0v) is 14.9. The van der Waals surface area contributed by atoms with E-state index in [-0.39, 0.29) is 24.9 Å². The highest BCUT2D eigenvalue weighted by Gasteiger charge is 2.26. The Morgan fingerprint density at radius 3 is 2.65 bits per heavy atom. The van der Waals surface area contributed by atoms with Crippen LogP contribution in [0, 0.1) is 5.92 Å². The number of hydrogen-bond acceptors (Lipinski definition) is 5. The minimum absolute atomic E-state index is 0.0219. The molecule has 0 radical (unpaired) electrons. The smallest absolute Gasteiger partial charge is 0.407 e. The van der Waals surface area contributed by atoms with E-state index in [9.17, 15) is 14.4 Å². The van der Waals surface area contributed by atoms with E-state index in [2.05, 4.69) is 10.3 Å². The van der Waals surface area contributed by atoms with Crippen molar-refractivity contribution in [2.45, 2.75) is 38.6 Å². The third-order valence-corrected chi connectivity index (χ3v) is 4.42. The number of carbonyl (C=O) groups excluding carboxylic acids is 2. The molecule has 1 aliphatic rings. The van der Waals surface area contributed by atoms with Gasteiger partial charge in [0.1, 0.15) is 0 Å². The number of esters is 1. The van der Waals surface area contributed by atoms with E-state index in [0.29, 0.717) is 38.0 Å². The van der Waals surface area contributed by atoms with Gasteiger partial charge < -0.3 is 20.1 Å². The maximum absolute atomic E-state index is 12.4. The zero-order valence-electron chi connectivity index (χ0n) is 14.9. The fraction of sp³-hybridized carbons (Fsp3) is 0.556. The predicted octanol–water partition coefficient (Wildman–Crippen LogP) is 1.97. The molecule has 2 rings (SSSR count). The van der Waals surface area contributed by atoms with Crippen LogP contribution in [-0.2, 0) is 14.3 Å². The van der Waals surface area contributed by atoms with Gasteiger partial charge in [-0.15, -0.1) is 0 Å². The van der Waals surface area contributed by atoms with Gasteiger partial charge in [0.15, 0.2) is 0 Å². The average Bonchev–Trinajstić information content (AvgIpc) is 2.62. The summed E-state index contributed by atoms with van der Waals surface area (Å²) in [6.45, 7) is 2.90. The molecule has 0 aliphatic carbocycles. The van der Waals surface area contributed by atoms with Crippen molar-refractivity contribution in [2.24, 2.45) is 5.92 Å². The Morgan fingerprint density at radius 1 is 1.35 bits per heavy atom. The molecule has 1 saturated heterocycles. The molecule has 0 saturated carbocycles. The summed E-state index contributed by atoms with van der Waals surface area (Å²) < 4.78 is 4.98. The Labute approximate surface area is 152 Å². The molecular formula is C18H25N3O5. The van der Waals surface area contributed by atoms with Gasteiger partial charge in [0, 0.05) is 25.7 Å². The highest BCUT2D eigenvalue weighted by Crippen LogP contribution is 2.22. The molecule has 2 heterocycles. The normalized spacial score (nSPS) is 16.0. The number of hydrogen-bond donors (Lipinski definition) is 2. The second-order valence-corrected chi connectivity index (χ2v) is 6.30. The van der Waals surface area contributed by atoms with Crippen LogP contribution in [0.3, 0.4) is 0 Å². The summed E-state index contributed by atoms with van der Waals surface area (Å²) in [4.78, 5) is 40.8. The van der Waals surface area contributed by atoms with Gasteiger partial charge in [0.2, 0.25) is 5.91 Å². The molecule has 0 spiro atoms. The SMILES string of the molecule is CCOC(=O)CC(NC(=O)CC1CCN(C(=O)O)CC1)c1ccccn1. The van der Waals surface area contributed by atoms with Crippen LogP contribution in [-0.4, -0.2) is 52.7 Å². The molecule has 1 atom stereocenters. The summed E-state index contributed by atoms with van der Waals surface area (Å²) in [6, 6.07) is 4.79. The third-order valence-electron chi connectivity index (χ3n) is 4.42. The van der Waals surface area contributed by atoms with Crippen molar-refractivity contribution in [3.05, 3.63) is 30.1 Å². The second-order valence-electron chi connectivity index (χ2n) is 6.30. The van der Waals surface area contributed by atoms with Crippen molar-refractivity contribution >= 4 is 18.0 Å². The minimum atomic E-state index is -0.919. The lowest BCUT2D eigenvalue weighted by Gasteiger charge is -2.30. The molecule has 142 valence electrons. The van der Waals surface area contributed by atoms with Crippen LogP contribution in [0.15, 0.2) is 24.4 Å². The fourth-order valence-electron chi connectivity index (χ4n) is 3.04. The maximum atomic E-state index is 12.4. The number of carboxylic acid groups (broad SMARTS) is 1. The highest BCUT2D eigenvalue weighted by molar-refractivity contribution is 5.78. The molecule has 1 aromatic heterocycles. The molecular weight excluding hydrogens is 338 g/mol. The molecule has 1 aromatic rings. The van der Waals surface area contributed by atoms with E-state index in [1.807, 2.05) is 0 Å². The number of carbonyl (C=O) groups is 3. The summed E-state index contributed by atoms with van der Waals surface area (Å²) in [5.74, 6) is -0.422. The first kappa shape index (κ1) is 19.7. The summed E-state index contributed by atoms with van der Waals surface area (Å²) in [6.07, 6.45) is 2.34. The summed E-state index contributed by atoms with van der Waals surface area (Å²) >= 11 is 0. The molecule has 0 aromatic carbocycles. The molecule has 26 heavy (non-hydrogen) atoms. The predicted molar refractivity (Wildman–Crippen MR) is 93.3 cm³/mol. The monoisotopic (exact) mass is 363 g/mol. The molecule has 1 fully saturated rings. The number of nitrogens with one attached hydrogen (secondary N) is 1. The number of amides is 2. The van der Waals surface area contributed by atoms with Crippen LogP contribution in [0.4, 0.5) is 4.79 Å². The molecule has 8 heteroatoms. The van der Waals surface area contributed by atoms with Crippen LogP contribution < -0.4 is 5.32 Å². The Hall–Kier alpha value is -2.64. The van der Waals surface area contributed by atoms with E-state index in [0.717, 1.165) is 0 Å². The van der Waals surface area contributed by atoms with Crippen molar-refractivity contribution in [2.75, 3.05) is 19.7 Å². The molecule has 8 nitrogen and oxygen atoms in total. The second kappa shape index (κ2) is 9.74. The Bertz CT molecular complexity index is 615. The van der Waals surface area contributed by atoms with Gasteiger partial charge in [-0.3, -0.25) is 14.6 Å². The van der Waals surface area contributed by atoms with Crippen molar-refractivity contribution < 1.29 is 24.2 Å². The Balaban J connectivity index is 1.91. The molecule has 2 amide bonds. The Kier molecular flexibility index (Phi) is 7.37. The quantitative estimate of drug-likeness (QED) is 0.717. The molecule has 1 unspecified atom stereocenters. The van der Waals surface area contributed by atoms with Gasteiger partial charge in [0.05, 0.1) is 24.8 Å². The van der Waals surface area contributed by atoms with Crippen LogP contribution in [0.5, 0.6) is 0 Å². The largest absolute Gasteiger partial charge is 0.466 e. The van der Waals surface area contributed by atoms with E-state index >= 15 is 0 Å². The third kappa shape index (κ3) is 6.02. The van der Waals surface area contributed by atoms with Crippen LogP contribution in [0.25, 0.3) is 0 Å². The zero-order chi connectivity index (χ0) is 18.9. The van der Waals surface area contributed by atoms with Crippen LogP contribution >= 0.6 is 0 Å². The Morgan fingerprint density at radius 2 is 2.08 bits per heavy atom. The fourth-order valence-corrected chi connectivity index (χ4v) is 3.04. The van der Waals surface area contributed by atoms with Crippen molar-refractivity contribution in [3.8, 4) is 0 Å². The lowest BCUT2D eigenvalue weighted by molar-refractivity contribution is -0.143. The van der Waals surface area contributed by atoms with E-state index in [4.69, 9.17) is 9.84 Å². The van der Waals surface area contributed by atoms with Crippen LogP contribution in [0.1, 0.15) is 44.3 Å². The summed E-state index contributed by atoms with van der Waals surface area (Å²) in [5, 5.41) is 11.8. The van der Waals surface area contributed by atoms with E-state index in [1.165, 1.54) is 4.90 Å². The minimum Gasteiger partial charge on any atom is -0.466 e. The maximum Gasteiger partial charge on any atom is 0.407 e. The molecule has 2 N–H and O–H groups in total. The molecule has 0 bridgehead atoms. The number of aromatic nitrogens is 1. The van der Waals surface area contributed by atoms with Gasteiger partial charge in [-0.1, -0.05) is 6.07 Å². The number of pyridine rings is 1. The van der Waals surface area contributed by atoms with Gasteiger partial charge in [-0.05, 0) is 37.8 Å². The lowest BCUT2D eigenvalue weighted by atomic mass is 9.93. The number of rotatable bonds is 7. The number of likely N-dealkylation sites (tertiary alicyclic amines) is 1. The van der Waals surface area contributed by atoms with Gasteiger partial charge in [-0.25, -0.2) is 4.79 Å². The highest BCUT2D eigenvalue weighted by atomic mass is 16.5. The number of ether oxygens (including phenoxy) is 1. The van der Waals surface area contributed by atoms with E-state index in [1.54, 1.807) is 31.3 Å². The van der Waals surface area contributed by atoms with Crippen molar-refractivity contribution in [3.63, 3.8) is 0 Å². The van der Waals surface area contributed by atoms with Gasteiger partial charge in [0.25, 0.3) is 0 Å². The first-order chi connectivity index (χ1) is 12.5. The standard InChI is InChI=1S/C18H25N3O5/c1-2-26-17(23)12-15(14-5-3-4-8-19-14)20-16(22)11-13-6-9-21(10-7-13)18(24)25/h3-5,8,13,15H,2,6-7,9-12H2,1H3,(H,20,22)(H,24,25). The van der Waals surface area contributed by atoms with Crippen molar-refractivity contribution in [1.82, 2.24) is 15.2 Å². The van der Waals surface area contributed by atoms with Gasteiger partial charge >= 0.3 is 12.1 Å². The summed E-state index contributed by atoms with van der Waals surface area (Å²) in [5.41, 5.74) is 0.606. The summed E-state index contributed by atoms with van der Waals surface area (Å²) in [7, 11) is 0. The average molecular weight is 363 g/mol.